The fraction of sp³-hybridized carbons (Fsp3) is 0.545. The van der Waals surface area contributed by atoms with Crippen molar-refractivity contribution < 1.29 is 26.7 Å². The van der Waals surface area contributed by atoms with E-state index in [1.807, 2.05) is 0 Å². The minimum Gasteiger partial charge on any atom is -0.399 e. The summed E-state index contributed by atoms with van der Waals surface area (Å²) < 4.78 is 69.1. The van der Waals surface area contributed by atoms with Gasteiger partial charge in [0, 0.05) is 5.39 Å². The summed E-state index contributed by atoms with van der Waals surface area (Å²) in [6.45, 7) is 2.19. The van der Waals surface area contributed by atoms with Gasteiger partial charge in [-0.05, 0) is 54.5 Å². The Labute approximate surface area is 161 Å². The molecule has 0 saturated heterocycles. The minimum absolute atomic E-state index is 0.0716. The summed E-state index contributed by atoms with van der Waals surface area (Å²) in [5.41, 5.74) is 0.989. The molecule has 1 saturated carbocycles. The molecular formula is C22H25F5O. The molecule has 0 unspecified atom stereocenters. The van der Waals surface area contributed by atoms with E-state index in [4.69, 9.17) is 0 Å². The first-order chi connectivity index (χ1) is 13.3. The molecule has 28 heavy (non-hydrogen) atoms. The van der Waals surface area contributed by atoms with Crippen molar-refractivity contribution >= 4 is 10.8 Å². The average molecular weight is 400 g/mol. The van der Waals surface area contributed by atoms with Crippen LogP contribution in [0.25, 0.3) is 10.8 Å². The SMILES string of the molecule is CCCCC[C@H]1CC[C@H](c2ccc3c(F)c(OC(F)(F)F)c(F)cc3c2)CC1. The van der Waals surface area contributed by atoms with Crippen LogP contribution in [0.2, 0.25) is 0 Å². The number of fused-ring (bicyclic) bond motifs is 1. The Balaban J connectivity index is 1.75. The Hall–Kier alpha value is -1.85. The highest BCUT2D eigenvalue weighted by atomic mass is 19.4. The third-order valence-electron chi connectivity index (χ3n) is 5.76. The number of ether oxygens (including phenoxy) is 1. The van der Waals surface area contributed by atoms with Crippen LogP contribution in [-0.4, -0.2) is 6.36 Å². The summed E-state index contributed by atoms with van der Waals surface area (Å²) in [7, 11) is 0. The normalized spacial score (nSPS) is 20.5. The summed E-state index contributed by atoms with van der Waals surface area (Å²) in [5, 5.41) is 0.185. The van der Waals surface area contributed by atoms with Gasteiger partial charge in [-0.15, -0.1) is 13.2 Å². The highest BCUT2D eigenvalue weighted by molar-refractivity contribution is 5.85. The molecule has 0 bridgehead atoms. The van der Waals surface area contributed by atoms with Gasteiger partial charge in [0.15, 0.2) is 11.6 Å². The second kappa shape index (κ2) is 8.66. The van der Waals surface area contributed by atoms with Gasteiger partial charge in [-0.1, -0.05) is 50.8 Å². The molecular weight excluding hydrogens is 375 g/mol. The van der Waals surface area contributed by atoms with Gasteiger partial charge in [0.05, 0.1) is 0 Å². The molecule has 0 amide bonds. The highest BCUT2D eigenvalue weighted by Crippen LogP contribution is 2.40. The molecule has 0 heterocycles. The zero-order valence-electron chi connectivity index (χ0n) is 15.9. The maximum Gasteiger partial charge on any atom is 0.573 e. The van der Waals surface area contributed by atoms with E-state index in [-0.39, 0.29) is 10.8 Å². The number of hydrogen-bond donors (Lipinski definition) is 0. The van der Waals surface area contributed by atoms with Gasteiger partial charge in [0.2, 0.25) is 5.75 Å². The van der Waals surface area contributed by atoms with Gasteiger partial charge in [-0.25, -0.2) is 8.78 Å². The summed E-state index contributed by atoms with van der Waals surface area (Å²) in [5.74, 6) is -3.00. The topological polar surface area (TPSA) is 9.23 Å². The van der Waals surface area contributed by atoms with Gasteiger partial charge in [0.25, 0.3) is 0 Å². The monoisotopic (exact) mass is 400 g/mol. The van der Waals surface area contributed by atoms with Crippen molar-refractivity contribution in [2.45, 2.75) is 70.6 Å². The predicted molar refractivity (Wildman–Crippen MR) is 99.4 cm³/mol. The van der Waals surface area contributed by atoms with Crippen LogP contribution in [0.5, 0.6) is 5.75 Å². The first kappa shape index (κ1) is 20.9. The Morgan fingerprint density at radius 3 is 2.36 bits per heavy atom. The van der Waals surface area contributed by atoms with E-state index in [1.165, 1.54) is 31.7 Å². The van der Waals surface area contributed by atoms with Crippen molar-refractivity contribution in [2.24, 2.45) is 5.92 Å². The predicted octanol–water partition coefficient (Wildman–Crippen LogP) is 7.87. The van der Waals surface area contributed by atoms with Gasteiger partial charge in [-0.2, -0.15) is 0 Å². The zero-order chi connectivity index (χ0) is 20.3. The lowest BCUT2D eigenvalue weighted by atomic mass is 9.77. The first-order valence-corrected chi connectivity index (χ1v) is 9.96. The molecule has 1 fully saturated rings. The van der Waals surface area contributed by atoms with E-state index in [1.54, 1.807) is 12.1 Å². The van der Waals surface area contributed by atoms with Crippen LogP contribution < -0.4 is 4.74 Å². The lowest BCUT2D eigenvalue weighted by Crippen LogP contribution is -2.19. The van der Waals surface area contributed by atoms with Crippen LogP contribution in [0.4, 0.5) is 22.0 Å². The van der Waals surface area contributed by atoms with Crippen molar-refractivity contribution in [1.82, 2.24) is 0 Å². The molecule has 0 aromatic heterocycles. The maximum absolute atomic E-state index is 14.4. The van der Waals surface area contributed by atoms with E-state index in [0.29, 0.717) is 5.92 Å². The van der Waals surface area contributed by atoms with Crippen molar-refractivity contribution in [2.75, 3.05) is 0 Å². The van der Waals surface area contributed by atoms with Crippen molar-refractivity contribution in [1.29, 1.82) is 0 Å². The lowest BCUT2D eigenvalue weighted by molar-refractivity contribution is -0.276. The molecule has 2 aromatic carbocycles. The molecule has 0 N–H and O–H groups in total. The fourth-order valence-corrected chi connectivity index (χ4v) is 4.26. The number of alkyl halides is 3. The van der Waals surface area contributed by atoms with E-state index in [2.05, 4.69) is 11.7 Å². The third-order valence-corrected chi connectivity index (χ3v) is 5.76. The van der Waals surface area contributed by atoms with E-state index in [0.717, 1.165) is 43.2 Å². The summed E-state index contributed by atoms with van der Waals surface area (Å²) in [6.07, 6.45) is 4.22. The summed E-state index contributed by atoms with van der Waals surface area (Å²) in [4.78, 5) is 0. The number of unbranched alkanes of at least 4 members (excludes halogenated alkanes) is 2. The fourth-order valence-electron chi connectivity index (χ4n) is 4.26. The molecule has 154 valence electrons. The Morgan fingerprint density at radius 2 is 1.71 bits per heavy atom. The number of benzene rings is 2. The van der Waals surface area contributed by atoms with Crippen LogP contribution in [0.15, 0.2) is 24.3 Å². The van der Waals surface area contributed by atoms with Crippen LogP contribution in [0.1, 0.15) is 69.8 Å². The Kier molecular flexibility index (Phi) is 6.46. The molecule has 6 heteroatoms. The van der Waals surface area contributed by atoms with Crippen molar-refractivity contribution in [3.63, 3.8) is 0 Å². The molecule has 0 aliphatic heterocycles. The first-order valence-electron chi connectivity index (χ1n) is 9.96. The molecule has 1 nitrogen and oxygen atoms in total. The van der Waals surface area contributed by atoms with Crippen LogP contribution in [0.3, 0.4) is 0 Å². The van der Waals surface area contributed by atoms with Gasteiger partial charge in [0.1, 0.15) is 0 Å². The zero-order valence-corrected chi connectivity index (χ0v) is 15.9. The van der Waals surface area contributed by atoms with Gasteiger partial charge >= 0.3 is 6.36 Å². The second-order valence-electron chi connectivity index (χ2n) is 7.74. The van der Waals surface area contributed by atoms with E-state index in [9.17, 15) is 22.0 Å². The van der Waals surface area contributed by atoms with E-state index < -0.39 is 23.7 Å². The average Bonchev–Trinajstić information content (AvgIpc) is 2.65. The second-order valence-corrected chi connectivity index (χ2v) is 7.74. The van der Waals surface area contributed by atoms with Crippen molar-refractivity contribution in [3.05, 3.63) is 41.5 Å². The van der Waals surface area contributed by atoms with Crippen LogP contribution in [0, 0.1) is 17.6 Å². The number of halogens is 5. The Morgan fingerprint density at radius 1 is 1.00 bits per heavy atom. The van der Waals surface area contributed by atoms with Crippen LogP contribution in [-0.2, 0) is 0 Å². The number of hydrogen-bond acceptors (Lipinski definition) is 1. The highest BCUT2D eigenvalue weighted by Gasteiger charge is 2.34. The van der Waals surface area contributed by atoms with Crippen LogP contribution >= 0.6 is 0 Å². The molecule has 1 aliphatic rings. The molecule has 2 aromatic rings. The lowest BCUT2D eigenvalue weighted by Gasteiger charge is -2.29. The maximum atomic E-state index is 14.4. The smallest absolute Gasteiger partial charge is 0.399 e. The van der Waals surface area contributed by atoms with Gasteiger partial charge in [-0.3, -0.25) is 0 Å². The minimum atomic E-state index is -5.15. The van der Waals surface area contributed by atoms with Gasteiger partial charge < -0.3 is 4.74 Å². The molecule has 0 spiro atoms. The quantitative estimate of drug-likeness (QED) is 0.354. The standard InChI is InChI=1S/C22H25F5O/c1-2-3-4-5-14-6-8-15(9-7-14)16-10-11-18-17(12-16)13-19(23)21(20(18)24)28-22(25,26)27/h10-15H,2-9H2,1H3/t14-,15-. The molecule has 0 atom stereocenters. The molecule has 3 rings (SSSR count). The number of rotatable bonds is 6. The van der Waals surface area contributed by atoms with E-state index >= 15 is 0 Å². The molecule has 1 aliphatic carbocycles. The van der Waals surface area contributed by atoms with Crippen molar-refractivity contribution in [3.8, 4) is 5.75 Å². The third kappa shape index (κ3) is 4.95. The Bertz CT molecular complexity index is 807. The largest absolute Gasteiger partial charge is 0.573 e. The summed E-state index contributed by atoms with van der Waals surface area (Å²) >= 11 is 0. The summed E-state index contributed by atoms with van der Waals surface area (Å²) in [6, 6.07) is 5.78. The molecule has 0 radical (unpaired) electrons.